The van der Waals surface area contributed by atoms with E-state index in [4.69, 9.17) is 0 Å². The second kappa shape index (κ2) is 17.1. The molecule has 16 heteroatoms. The molecule has 5 N–H and O–H groups in total. The van der Waals surface area contributed by atoms with Crippen LogP contribution in [0.5, 0.6) is 0 Å². The first kappa shape index (κ1) is 39.8. The number of carbonyl (C=O) groups is 4. The molecule has 0 heterocycles. The minimum absolute atomic E-state index is 0.0652. The van der Waals surface area contributed by atoms with Gasteiger partial charge in [-0.2, -0.15) is 26.3 Å². The van der Waals surface area contributed by atoms with Crippen LogP contribution in [0.2, 0.25) is 0 Å². The van der Waals surface area contributed by atoms with Crippen molar-refractivity contribution < 1.29 is 50.6 Å². The van der Waals surface area contributed by atoms with Crippen LogP contribution < -0.4 is 21.4 Å². The van der Waals surface area contributed by atoms with Gasteiger partial charge in [0.15, 0.2) is 0 Å². The smallest absolute Gasteiger partial charge is 0.363 e. The standard InChI is InChI=1S/C31H45F6N5O5/c1-19(2)24(39-27(45)30(32,33)34)25(43)41-42(17-22-13-9-6-10-14-22)18-23(16-15-21-11-7-5-8-12-21)38-26(44)29(47,20(3)4)40-28(46)31(35,36)37/h5,7-8,11-12,19-20,22-24,47H,6,9-10,13-18H2,1-4H3,(H,38,44)(H,39,45)(H,40,46)(H,41,43)/t23-,24-,29+/m0/s1. The van der Waals surface area contributed by atoms with Gasteiger partial charge < -0.3 is 21.1 Å². The molecule has 0 radical (unpaired) electrons. The summed E-state index contributed by atoms with van der Waals surface area (Å²) in [7, 11) is 0. The number of aryl methyl sites for hydroxylation is 1. The molecule has 1 saturated carbocycles. The Morgan fingerprint density at radius 1 is 0.851 bits per heavy atom. The number of nitrogens with one attached hydrogen (secondary N) is 4. The predicted octanol–water partition coefficient (Wildman–Crippen LogP) is 3.74. The van der Waals surface area contributed by atoms with Crippen molar-refractivity contribution in [2.45, 2.75) is 103 Å². The lowest BCUT2D eigenvalue weighted by Crippen LogP contribution is -2.66. The third kappa shape index (κ3) is 12.6. The summed E-state index contributed by atoms with van der Waals surface area (Å²) in [6, 6.07) is 6.46. The number of hydrogen-bond acceptors (Lipinski definition) is 6. The largest absolute Gasteiger partial charge is 0.471 e. The molecule has 0 aromatic heterocycles. The molecule has 1 aromatic carbocycles. The van der Waals surface area contributed by atoms with Gasteiger partial charge in [-0.15, -0.1) is 0 Å². The second-order valence-corrected chi connectivity index (χ2v) is 12.6. The molecule has 1 aliphatic rings. The average Bonchev–Trinajstić information content (AvgIpc) is 2.97. The highest BCUT2D eigenvalue weighted by Gasteiger charge is 2.49. The first-order chi connectivity index (χ1) is 21.7. The maximum absolute atomic E-state index is 13.4. The fraction of sp³-hybridized carbons (Fsp3) is 0.677. The van der Waals surface area contributed by atoms with Crippen LogP contribution in [0.1, 0.15) is 71.8 Å². The molecule has 1 fully saturated rings. The molecule has 0 unspecified atom stereocenters. The fourth-order valence-electron chi connectivity index (χ4n) is 5.29. The number of hydrazine groups is 1. The molecule has 1 aliphatic carbocycles. The summed E-state index contributed by atoms with van der Waals surface area (Å²) < 4.78 is 78.3. The Bertz CT molecular complexity index is 1190. The molecule has 266 valence electrons. The lowest BCUT2D eigenvalue weighted by atomic mass is 9.89. The molecule has 1 aromatic rings. The van der Waals surface area contributed by atoms with E-state index in [0.717, 1.165) is 37.7 Å². The van der Waals surface area contributed by atoms with Gasteiger partial charge in [-0.25, -0.2) is 5.01 Å². The molecule has 2 rings (SSSR count). The van der Waals surface area contributed by atoms with Gasteiger partial charge in [-0.05, 0) is 43.1 Å². The van der Waals surface area contributed by atoms with Crippen LogP contribution in [0.25, 0.3) is 0 Å². The van der Waals surface area contributed by atoms with Crippen LogP contribution >= 0.6 is 0 Å². The van der Waals surface area contributed by atoms with Crippen LogP contribution in [-0.2, 0) is 25.6 Å². The molecule has 4 amide bonds. The van der Waals surface area contributed by atoms with Crippen molar-refractivity contribution in [1.82, 2.24) is 26.4 Å². The minimum atomic E-state index is -5.38. The monoisotopic (exact) mass is 681 g/mol. The normalized spacial score (nSPS) is 17.1. The maximum atomic E-state index is 13.4. The van der Waals surface area contributed by atoms with E-state index in [1.54, 1.807) is 23.5 Å². The van der Waals surface area contributed by atoms with E-state index in [1.807, 2.05) is 12.1 Å². The summed E-state index contributed by atoms with van der Waals surface area (Å²) in [6.07, 6.45) is -5.68. The zero-order valence-corrected chi connectivity index (χ0v) is 26.9. The molecular weight excluding hydrogens is 636 g/mol. The van der Waals surface area contributed by atoms with Gasteiger partial charge >= 0.3 is 24.2 Å². The lowest BCUT2D eigenvalue weighted by Gasteiger charge is -2.36. The molecule has 0 saturated heterocycles. The van der Waals surface area contributed by atoms with Crippen molar-refractivity contribution >= 4 is 23.6 Å². The number of benzene rings is 1. The number of nitrogens with zero attached hydrogens (tertiary/aromatic N) is 1. The number of amides is 4. The molecule has 10 nitrogen and oxygen atoms in total. The third-order valence-electron chi connectivity index (χ3n) is 8.11. The molecule has 0 bridgehead atoms. The topological polar surface area (TPSA) is 140 Å². The SMILES string of the molecule is CC(C)[C@H](NC(=O)C(F)(F)F)C(=O)NN(CC1CCCCC1)C[C@H](CCc1ccccc1)NC(=O)[C@@](O)(NC(=O)C(F)(F)F)C(C)C. The summed E-state index contributed by atoms with van der Waals surface area (Å²) in [4.78, 5) is 50.1. The average molecular weight is 682 g/mol. The van der Waals surface area contributed by atoms with Crippen LogP contribution in [0.15, 0.2) is 30.3 Å². The highest BCUT2D eigenvalue weighted by molar-refractivity contribution is 5.92. The highest BCUT2D eigenvalue weighted by atomic mass is 19.4. The van der Waals surface area contributed by atoms with E-state index >= 15 is 0 Å². The molecule has 47 heavy (non-hydrogen) atoms. The number of aliphatic hydroxyl groups is 1. The van der Waals surface area contributed by atoms with Gasteiger partial charge in [0, 0.05) is 25.0 Å². The lowest BCUT2D eigenvalue weighted by molar-refractivity contribution is -0.185. The van der Waals surface area contributed by atoms with E-state index < -0.39 is 65.6 Å². The van der Waals surface area contributed by atoms with Crippen LogP contribution in [0.4, 0.5) is 26.3 Å². The first-order valence-corrected chi connectivity index (χ1v) is 15.6. The van der Waals surface area contributed by atoms with Crippen molar-refractivity contribution in [3.63, 3.8) is 0 Å². The van der Waals surface area contributed by atoms with Crippen LogP contribution in [0, 0.1) is 17.8 Å². The second-order valence-electron chi connectivity index (χ2n) is 12.6. The molecular formula is C31H45F6N5O5. The van der Waals surface area contributed by atoms with Gasteiger partial charge in [0.1, 0.15) is 6.04 Å². The van der Waals surface area contributed by atoms with E-state index in [9.17, 15) is 50.6 Å². The van der Waals surface area contributed by atoms with E-state index in [0.29, 0.717) is 6.42 Å². The Labute approximate surface area is 270 Å². The predicted molar refractivity (Wildman–Crippen MR) is 160 cm³/mol. The van der Waals surface area contributed by atoms with Crippen molar-refractivity contribution in [3.05, 3.63) is 35.9 Å². The Kier molecular flexibility index (Phi) is 14.5. The van der Waals surface area contributed by atoms with Gasteiger partial charge in [-0.3, -0.25) is 24.6 Å². The van der Waals surface area contributed by atoms with E-state index in [1.165, 1.54) is 38.0 Å². The summed E-state index contributed by atoms with van der Waals surface area (Å²) in [5.74, 6) is -8.93. The molecule has 0 spiro atoms. The highest BCUT2D eigenvalue weighted by Crippen LogP contribution is 2.25. The number of rotatable bonds is 15. The van der Waals surface area contributed by atoms with Crippen molar-refractivity contribution in [2.75, 3.05) is 13.1 Å². The molecule has 3 atom stereocenters. The number of alkyl halides is 6. The van der Waals surface area contributed by atoms with E-state index in [2.05, 4.69) is 10.7 Å². The Morgan fingerprint density at radius 2 is 1.43 bits per heavy atom. The Hall–Kier alpha value is -3.40. The quantitative estimate of drug-likeness (QED) is 0.109. The zero-order chi connectivity index (χ0) is 35.6. The van der Waals surface area contributed by atoms with E-state index in [-0.39, 0.29) is 25.4 Å². The van der Waals surface area contributed by atoms with Gasteiger partial charge in [0.25, 0.3) is 11.8 Å². The summed E-state index contributed by atoms with van der Waals surface area (Å²) >= 11 is 0. The summed E-state index contributed by atoms with van der Waals surface area (Å²) in [6.45, 7) is 5.45. The molecule has 0 aliphatic heterocycles. The van der Waals surface area contributed by atoms with Gasteiger partial charge in [-0.1, -0.05) is 77.3 Å². The fourth-order valence-corrected chi connectivity index (χ4v) is 5.29. The number of halogens is 6. The Balaban J connectivity index is 2.40. The third-order valence-corrected chi connectivity index (χ3v) is 8.11. The van der Waals surface area contributed by atoms with Crippen molar-refractivity contribution in [1.29, 1.82) is 0 Å². The van der Waals surface area contributed by atoms with Crippen molar-refractivity contribution in [2.24, 2.45) is 17.8 Å². The summed E-state index contributed by atoms with van der Waals surface area (Å²) in [5.41, 5.74) is 0.481. The minimum Gasteiger partial charge on any atom is -0.363 e. The van der Waals surface area contributed by atoms with Crippen LogP contribution in [-0.4, -0.2) is 77.0 Å². The van der Waals surface area contributed by atoms with Crippen LogP contribution in [0.3, 0.4) is 0 Å². The Morgan fingerprint density at radius 3 is 1.94 bits per heavy atom. The van der Waals surface area contributed by atoms with Gasteiger partial charge in [0.2, 0.25) is 5.72 Å². The zero-order valence-electron chi connectivity index (χ0n) is 26.9. The number of hydrogen-bond donors (Lipinski definition) is 5. The van der Waals surface area contributed by atoms with Crippen molar-refractivity contribution in [3.8, 4) is 0 Å². The first-order valence-electron chi connectivity index (χ1n) is 15.6. The summed E-state index contributed by atoms with van der Waals surface area (Å²) in [5, 5.41) is 18.0. The maximum Gasteiger partial charge on any atom is 0.471 e. The van der Waals surface area contributed by atoms with Gasteiger partial charge in [0.05, 0.1) is 0 Å². The number of carbonyl (C=O) groups excluding carboxylic acids is 4.